The minimum Gasteiger partial charge on any atom is -0.354 e. The molecule has 1 N–H and O–H groups in total. The molecule has 5 heteroatoms. The molecule has 0 aliphatic carbocycles. The number of carbonyl (C=O) groups is 2. The lowest BCUT2D eigenvalue weighted by atomic mass is 10.0. The van der Waals surface area contributed by atoms with Crippen molar-refractivity contribution in [1.29, 1.82) is 0 Å². The Hall–Kier alpha value is -3.11. The fourth-order valence-electron chi connectivity index (χ4n) is 3.86. The third-order valence-electron chi connectivity index (χ3n) is 5.66. The van der Waals surface area contributed by atoms with E-state index in [0.29, 0.717) is 30.5 Å². The fraction of sp³-hybridized carbons (Fsp3) is 0.310. The third kappa shape index (κ3) is 7.74. The largest absolute Gasteiger partial charge is 0.354 e. The number of amides is 2. The van der Waals surface area contributed by atoms with Gasteiger partial charge in [0.1, 0.15) is 6.04 Å². The Bertz CT molecular complexity index is 1080. The highest BCUT2D eigenvalue weighted by atomic mass is 35.5. The summed E-state index contributed by atoms with van der Waals surface area (Å²) in [5, 5.41) is 3.69. The van der Waals surface area contributed by atoms with E-state index in [1.165, 1.54) is 0 Å². The first-order chi connectivity index (χ1) is 16.3. The van der Waals surface area contributed by atoms with E-state index >= 15 is 0 Å². The van der Waals surface area contributed by atoms with Crippen LogP contribution in [-0.4, -0.2) is 29.3 Å². The van der Waals surface area contributed by atoms with Crippen LogP contribution in [0.25, 0.3) is 0 Å². The molecule has 178 valence electrons. The van der Waals surface area contributed by atoms with Crippen LogP contribution in [0.5, 0.6) is 0 Å². The van der Waals surface area contributed by atoms with Gasteiger partial charge >= 0.3 is 0 Å². The number of benzene rings is 3. The number of aryl methyl sites for hydroxylation is 1. The van der Waals surface area contributed by atoms with E-state index in [9.17, 15) is 9.59 Å². The van der Waals surface area contributed by atoms with Crippen molar-refractivity contribution in [1.82, 2.24) is 10.2 Å². The lowest BCUT2D eigenvalue weighted by molar-refractivity contribution is -0.140. The van der Waals surface area contributed by atoms with Gasteiger partial charge in [0.05, 0.1) is 6.42 Å². The molecule has 0 heterocycles. The summed E-state index contributed by atoms with van der Waals surface area (Å²) in [4.78, 5) is 28.8. The molecule has 0 aliphatic heterocycles. The van der Waals surface area contributed by atoms with Crippen molar-refractivity contribution in [2.45, 2.75) is 46.2 Å². The maximum absolute atomic E-state index is 13.7. The molecule has 3 aromatic rings. The Labute approximate surface area is 207 Å². The van der Waals surface area contributed by atoms with Gasteiger partial charge in [0.25, 0.3) is 0 Å². The van der Waals surface area contributed by atoms with Gasteiger partial charge in [0.2, 0.25) is 11.8 Å². The normalized spacial score (nSPS) is 11.8. The van der Waals surface area contributed by atoms with Crippen molar-refractivity contribution >= 4 is 23.4 Å². The smallest absolute Gasteiger partial charge is 0.243 e. The molecule has 0 aliphatic rings. The Kier molecular flexibility index (Phi) is 9.29. The van der Waals surface area contributed by atoms with Crippen molar-refractivity contribution in [3.8, 4) is 0 Å². The first-order valence-corrected chi connectivity index (χ1v) is 12.1. The van der Waals surface area contributed by atoms with E-state index in [1.807, 2.05) is 85.8 Å². The predicted octanol–water partition coefficient (Wildman–Crippen LogP) is 5.60. The van der Waals surface area contributed by atoms with E-state index in [4.69, 9.17) is 11.6 Å². The first kappa shape index (κ1) is 25.5. The number of rotatable bonds is 10. The van der Waals surface area contributed by atoms with Crippen LogP contribution in [-0.2, 0) is 29.0 Å². The Morgan fingerprint density at radius 1 is 0.882 bits per heavy atom. The summed E-state index contributed by atoms with van der Waals surface area (Å²) in [6.45, 7) is 7.01. The van der Waals surface area contributed by atoms with E-state index in [0.717, 1.165) is 22.3 Å². The summed E-state index contributed by atoms with van der Waals surface area (Å²) in [6.07, 6.45) is 0.677. The van der Waals surface area contributed by atoms with Gasteiger partial charge in [-0.25, -0.2) is 0 Å². The fourth-order valence-corrected chi connectivity index (χ4v) is 3.99. The standard InChI is InChI=1S/C29H33ClN2O2/c1-21(2)19-31-29(34)27(17-23-9-5-4-6-10-23)32(20-24-12-14-26(30)15-13-24)28(33)18-25-11-7-8-22(3)16-25/h4-16,21,27H,17-20H2,1-3H3,(H,31,34)/t27-/m1/s1. The highest BCUT2D eigenvalue weighted by Crippen LogP contribution is 2.18. The molecular weight excluding hydrogens is 444 g/mol. The molecule has 4 nitrogen and oxygen atoms in total. The van der Waals surface area contributed by atoms with Gasteiger partial charge in [-0.2, -0.15) is 0 Å². The summed E-state index contributed by atoms with van der Waals surface area (Å²) < 4.78 is 0. The Morgan fingerprint density at radius 2 is 1.56 bits per heavy atom. The molecule has 3 aromatic carbocycles. The van der Waals surface area contributed by atoms with Gasteiger partial charge in [0.15, 0.2) is 0 Å². The van der Waals surface area contributed by atoms with Crippen LogP contribution in [0.15, 0.2) is 78.9 Å². The average Bonchev–Trinajstić information content (AvgIpc) is 2.81. The number of nitrogens with one attached hydrogen (secondary N) is 1. The van der Waals surface area contributed by atoms with Gasteiger partial charge in [-0.3, -0.25) is 9.59 Å². The van der Waals surface area contributed by atoms with Gasteiger partial charge in [-0.1, -0.05) is 97.7 Å². The summed E-state index contributed by atoms with van der Waals surface area (Å²) in [7, 11) is 0. The molecule has 2 amide bonds. The van der Waals surface area contributed by atoms with Crippen LogP contribution in [0.1, 0.15) is 36.1 Å². The number of nitrogens with zero attached hydrogens (tertiary/aromatic N) is 1. The molecule has 0 spiro atoms. The number of carbonyl (C=O) groups excluding carboxylic acids is 2. The van der Waals surface area contributed by atoms with E-state index in [1.54, 1.807) is 4.90 Å². The molecule has 0 unspecified atom stereocenters. The Balaban J connectivity index is 1.94. The van der Waals surface area contributed by atoms with Gasteiger partial charge < -0.3 is 10.2 Å². The van der Waals surface area contributed by atoms with Crippen molar-refractivity contribution in [2.24, 2.45) is 5.92 Å². The number of hydrogen-bond acceptors (Lipinski definition) is 2. The summed E-state index contributed by atoms with van der Waals surface area (Å²) >= 11 is 6.08. The van der Waals surface area contributed by atoms with Crippen LogP contribution in [0.3, 0.4) is 0 Å². The van der Waals surface area contributed by atoms with Crippen LogP contribution in [0, 0.1) is 12.8 Å². The molecular formula is C29H33ClN2O2. The SMILES string of the molecule is Cc1cccc(CC(=O)N(Cc2ccc(Cl)cc2)[C@H](Cc2ccccc2)C(=O)NCC(C)C)c1. The molecule has 0 fully saturated rings. The second-order valence-corrected chi connectivity index (χ2v) is 9.59. The molecule has 1 atom stereocenters. The zero-order valence-corrected chi connectivity index (χ0v) is 20.9. The minimum absolute atomic E-state index is 0.0822. The molecule has 3 rings (SSSR count). The molecule has 0 saturated heterocycles. The van der Waals surface area contributed by atoms with Crippen molar-refractivity contribution in [3.63, 3.8) is 0 Å². The quantitative estimate of drug-likeness (QED) is 0.414. The third-order valence-corrected chi connectivity index (χ3v) is 5.91. The summed E-state index contributed by atoms with van der Waals surface area (Å²) in [5.41, 5.74) is 3.98. The average molecular weight is 477 g/mol. The van der Waals surface area contributed by atoms with Crippen molar-refractivity contribution in [3.05, 3.63) is 106 Å². The molecule has 0 aromatic heterocycles. The molecule has 34 heavy (non-hydrogen) atoms. The van der Waals surface area contributed by atoms with Crippen LogP contribution in [0.4, 0.5) is 0 Å². The van der Waals surface area contributed by atoms with Crippen molar-refractivity contribution < 1.29 is 9.59 Å². The van der Waals surface area contributed by atoms with Gasteiger partial charge in [-0.05, 0) is 41.7 Å². The Morgan fingerprint density at radius 3 is 2.21 bits per heavy atom. The summed E-state index contributed by atoms with van der Waals surface area (Å²) in [6, 6.07) is 24.6. The van der Waals surface area contributed by atoms with E-state index in [-0.39, 0.29) is 18.2 Å². The second kappa shape index (κ2) is 12.4. The van der Waals surface area contributed by atoms with Crippen molar-refractivity contribution in [2.75, 3.05) is 6.54 Å². The van der Waals surface area contributed by atoms with Gasteiger partial charge in [0, 0.05) is 24.5 Å². The van der Waals surface area contributed by atoms with Crippen LogP contribution in [0.2, 0.25) is 5.02 Å². The summed E-state index contributed by atoms with van der Waals surface area (Å²) in [5.74, 6) is 0.0966. The number of hydrogen-bond donors (Lipinski definition) is 1. The van der Waals surface area contributed by atoms with E-state index in [2.05, 4.69) is 19.2 Å². The predicted molar refractivity (Wildman–Crippen MR) is 139 cm³/mol. The monoisotopic (exact) mass is 476 g/mol. The topological polar surface area (TPSA) is 49.4 Å². The molecule has 0 bridgehead atoms. The number of halogens is 1. The first-order valence-electron chi connectivity index (χ1n) is 11.7. The maximum Gasteiger partial charge on any atom is 0.243 e. The van der Waals surface area contributed by atoms with Crippen LogP contribution >= 0.6 is 11.6 Å². The van der Waals surface area contributed by atoms with Gasteiger partial charge in [-0.15, -0.1) is 0 Å². The maximum atomic E-state index is 13.7. The zero-order valence-electron chi connectivity index (χ0n) is 20.1. The lowest BCUT2D eigenvalue weighted by Crippen LogP contribution is -2.51. The van der Waals surface area contributed by atoms with E-state index < -0.39 is 6.04 Å². The minimum atomic E-state index is -0.630. The highest BCUT2D eigenvalue weighted by molar-refractivity contribution is 6.30. The molecule has 0 saturated carbocycles. The molecule has 0 radical (unpaired) electrons. The second-order valence-electron chi connectivity index (χ2n) is 9.16. The highest BCUT2D eigenvalue weighted by Gasteiger charge is 2.30. The lowest BCUT2D eigenvalue weighted by Gasteiger charge is -2.32. The zero-order chi connectivity index (χ0) is 24.5. The van der Waals surface area contributed by atoms with Crippen LogP contribution < -0.4 is 5.32 Å².